The average Bonchev–Trinajstić information content (AvgIpc) is 3.49. The summed E-state index contributed by atoms with van der Waals surface area (Å²) in [5.74, 6) is 1.60. The molecule has 0 aliphatic carbocycles. The largest absolute Gasteiger partial charge is 0.467 e. The first-order valence-corrected chi connectivity index (χ1v) is 11.0. The molecule has 0 unspecified atom stereocenters. The second-order valence-electron chi connectivity index (χ2n) is 7.43. The molecule has 3 rings (SSSR count). The molecule has 1 fully saturated rings. The van der Waals surface area contributed by atoms with Gasteiger partial charge in [-0.3, -0.25) is 0 Å². The van der Waals surface area contributed by atoms with Gasteiger partial charge in [-0.25, -0.2) is 9.79 Å². The van der Waals surface area contributed by atoms with Crippen molar-refractivity contribution < 1.29 is 13.9 Å². The average molecular weight is 555 g/mol. The number of halogens is 1. The summed E-state index contributed by atoms with van der Waals surface area (Å²) in [6.45, 7) is 6.92. The number of nitrogens with one attached hydrogen (secondary N) is 3. The predicted molar refractivity (Wildman–Crippen MR) is 137 cm³/mol. The zero-order chi connectivity index (χ0) is 21.7. The van der Waals surface area contributed by atoms with Gasteiger partial charge in [0.05, 0.1) is 12.8 Å². The van der Waals surface area contributed by atoms with E-state index in [1.165, 1.54) is 0 Å². The topological polar surface area (TPSA) is 91.1 Å². The maximum atomic E-state index is 12.3. The molecule has 1 aliphatic rings. The Labute approximate surface area is 207 Å². The van der Waals surface area contributed by atoms with Gasteiger partial charge < -0.3 is 30.0 Å². The number of hydrogen-bond donors (Lipinski definition) is 3. The van der Waals surface area contributed by atoms with Crippen LogP contribution >= 0.6 is 24.0 Å². The minimum absolute atomic E-state index is 0. The molecule has 0 spiro atoms. The van der Waals surface area contributed by atoms with Crippen molar-refractivity contribution in [3.8, 4) is 0 Å². The number of ether oxygens (including phenoxy) is 1. The van der Waals surface area contributed by atoms with Gasteiger partial charge in [0.1, 0.15) is 12.4 Å². The maximum Gasteiger partial charge on any atom is 0.321 e. The number of hydrogen-bond acceptors (Lipinski definition) is 4. The third-order valence-corrected chi connectivity index (χ3v) is 4.92. The van der Waals surface area contributed by atoms with Crippen LogP contribution in [0, 0.1) is 0 Å². The number of urea groups is 1. The molecule has 9 heteroatoms. The lowest BCUT2D eigenvalue weighted by molar-refractivity contribution is 0.105. The summed E-state index contributed by atoms with van der Waals surface area (Å²) in [6.07, 6.45) is 4.68. The number of anilines is 1. The minimum Gasteiger partial charge on any atom is -0.467 e. The molecule has 32 heavy (non-hydrogen) atoms. The van der Waals surface area contributed by atoms with E-state index in [0.29, 0.717) is 19.8 Å². The van der Waals surface area contributed by atoms with Crippen LogP contribution in [-0.2, 0) is 17.9 Å². The van der Waals surface area contributed by atoms with Crippen molar-refractivity contribution in [3.05, 3.63) is 54.0 Å². The van der Waals surface area contributed by atoms with Crippen LogP contribution in [0.4, 0.5) is 10.5 Å². The summed E-state index contributed by atoms with van der Waals surface area (Å²) < 4.78 is 10.8. The normalized spacial score (nSPS) is 13.5. The van der Waals surface area contributed by atoms with Gasteiger partial charge in [-0.05, 0) is 56.0 Å². The van der Waals surface area contributed by atoms with E-state index in [9.17, 15) is 4.79 Å². The zero-order valence-corrected chi connectivity index (χ0v) is 21.0. The van der Waals surface area contributed by atoms with Crippen molar-refractivity contribution in [1.82, 2.24) is 15.5 Å². The van der Waals surface area contributed by atoms with Crippen LogP contribution in [0.2, 0.25) is 0 Å². The first-order chi connectivity index (χ1) is 15.2. The highest BCUT2D eigenvalue weighted by Gasteiger charge is 2.17. The third kappa shape index (κ3) is 9.07. The van der Waals surface area contributed by atoms with Crippen molar-refractivity contribution >= 4 is 41.7 Å². The molecule has 1 aromatic heterocycles. The Bertz CT molecular complexity index is 823. The van der Waals surface area contributed by atoms with Gasteiger partial charge in [0.15, 0.2) is 5.96 Å². The summed E-state index contributed by atoms with van der Waals surface area (Å²) in [4.78, 5) is 18.8. The van der Waals surface area contributed by atoms with Gasteiger partial charge >= 0.3 is 6.03 Å². The quantitative estimate of drug-likeness (QED) is 0.177. The number of amides is 2. The van der Waals surface area contributed by atoms with E-state index in [1.807, 2.05) is 48.2 Å². The third-order valence-electron chi connectivity index (χ3n) is 4.92. The lowest BCUT2D eigenvalue weighted by Crippen LogP contribution is -2.38. The summed E-state index contributed by atoms with van der Waals surface area (Å²) >= 11 is 0. The molecule has 0 bridgehead atoms. The summed E-state index contributed by atoms with van der Waals surface area (Å²) in [7, 11) is 0. The van der Waals surface area contributed by atoms with Gasteiger partial charge in [-0.2, -0.15) is 0 Å². The maximum absolute atomic E-state index is 12.3. The van der Waals surface area contributed by atoms with Crippen LogP contribution < -0.4 is 16.0 Å². The second-order valence-corrected chi connectivity index (χ2v) is 7.43. The van der Waals surface area contributed by atoms with Crippen molar-refractivity contribution in [3.63, 3.8) is 0 Å². The van der Waals surface area contributed by atoms with E-state index < -0.39 is 0 Å². The first kappa shape index (κ1) is 26.0. The lowest BCUT2D eigenvalue weighted by atomic mass is 10.2. The fourth-order valence-corrected chi connectivity index (χ4v) is 3.33. The van der Waals surface area contributed by atoms with Crippen LogP contribution in [0.3, 0.4) is 0 Å². The summed E-state index contributed by atoms with van der Waals surface area (Å²) in [5.41, 5.74) is 1.84. The number of benzene rings is 1. The van der Waals surface area contributed by atoms with Gasteiger partial charge in [0.25, 0.3) is 0 Å². The van der Waals surface area contributed by atoms with Crippen LogP contribution in [0.15, 0.2) is 52.1 Å². The zero-order valence-electron chi connectivity index (χ0n) is 18.6. The standard InChI is InChI=1S/C23H33N5O3.HI/c1-2-24-22(25-11-7-14-30-18-21-10-6-15-31-21)26-17-19-8-5-9-20(16-19)27-23(29)28-12-3-4-13-28;/h5-6,8-10,15-16H,2-4,7,11-14,17-18H2,1H3,(H,27,29)(H2,24,25,26);1H. The number of furan rings is 1. The minimum atomic E-state index is -0.0255. The SMILES string of the molecule is CCNC(=NCc1cccc(NC(=O)N2CCCC2)c1)NCCCOCc1ccco1.I. The van der Waals surface area contributed by atoms with E-state index in [1.54, 1.807) is 6.26 Å². The Kier molecular flexibility index (Phi) is 12.0. The van der Waals surface area contributed by atoms with Crippen LogP contribution in [0.5, 0.6) is 0 Å². The molecule has 1 aromatic carbocycles. The van der Waals surface area contributed by atoms with Crippen molar-refractivity contribution in [2.45, 2.75) is 39.3 Å². The van der Waals surface area contributed by atoms with E-state index >= 15 is 0 Å². The number of carbonyl (C=O) groups excluding carboxylic acids is 1. The van der Waals surface area contributed by atoms with Gasteiger partial charge in [0.2, 0.25) is 0 Å². The second kappa shape index (κ2) is 14.7. The molecule has 2 aromatic rings. The van der Waals surface area contributed by atoms with E-state index in [-0.39, 0.29) is 30.0 Å². The molecule has 2 heterocycles. The van der Waals surface area contributed by atoms with E-state index in [4.69, 9.17) is 9.15 Å². The Balaban J connectivity index is 0.00000363. The lowest BCUT2D eigenvalue weighted by Gasteiger charge is -2.16. The fraction of sp³-hybridized carbons (Fsp3) is 0.478. The molecule has 0 atom stereocenters. The molecular weight excluding hydrogens is 521 g/mol. The van der Waals surface area contributed by atoms with Gasteiger partial charge in [-0.1, -0.05) is 12.1 Å². The molecule has 1 aliphatic heterocycles. The molecule has 8 nitrogen and oxygen atoms in total. The Morgan fingerprint density at radius 2 is 2.03 bits per heavy atom. The number of nitrogens with zero attached hydrogens (tertiary/aromatic N) is 2. The van der Waals surface area contributed by atoms with Gasteiger partial charge in [0, 0.05) is 38.5 Å². The monoisotopic (exact) mass is 555 g/mol. The Morgan fingerprint density at radius 1 is 1.19 bits per heavy atom. The molecule has 1 saturated heterocycles. The van der Waals surface area contributed by atoms with Crippen molar-refractivity contribution in [1.29, 1.82) is 0 Å². The van der Waals surface area contributed by atoms with Crippen molar-refractivity contribution in [2.75, 3.05) is 38.1 Å². The van der Waals surface area contributed by atoms with Gasteiger partial charge in [-0.15, -0.1) is 24.0 Å². The smallest absolute Gasteiger partial charge is 0.321 e. The first-order valence-electron chi connectivity index (χ1n) is 11.0. The van der Waals surface area contributed by atoms with E-state index in [0.717, 1.165) is 68.4 Å². The molecule has 2 amide bonds. The summed E-state index contributed by atoms with van der Waals surface area (Å²) in [6, 6.07) is 11.6. The highest BCUT2D eigenvalue weighted by molar-refractivity contribution is 14.0. The molecule has 0 saturated carbocycles. The van der Waals surface area contributed by atoms with Crippen LogP contribution in [0.1, 0.15) is 37.5 Å². The molecular formula is C23H34IN5O3. The highest BCUT2D eigenvalue weighted by atomic mass is 127. The number of aliphatic imine (C=N–C) groups is 1. The molecule has 3 N–H and O–H groups in total. The van der Waals surface area contributed by atoms with Crippen molar-refractivity contribution in [2.24, 2.45) is 4.99 Å². The number of guanidine groups is 1. The van der Waals surface area contributed by atoms with E-state index in [2.05, 4.69) is 20.9 Å². The molecule has 0 radical (unpaired) electrons. The predicted octanol–water partition coefficient (Wildman–Crippen LogP) is 4.19. The number of carbonyl (C=O) groups is 1. The fourth-order valence-electron chi connectivity index (χ4n) is 3.33. The van der Waals surface area contributed by atoms with Crippen LogP contribution in [-0.4, -0.2) is 49.7 Å². The molecule has 176 valence electrons. The number of rotatable bonds is 10. The Morgan fingerprint density at radius 3 is 2.78 bits per heavy atom. The van der Waals surface area contributed by atoms with Crippen LogP contribution in [0.25, 0.3) is 0 Å². The summed E-state index contributed by atoms with van der Waals surface area (Å²) in [5, 5.41) is 9.57. The number of likely N-dealkylation sites (tertiary alicyclic amines) is 1. The highest BCUT2D eigenvalue weighted by Crippen LogP contribution is 2.14. The Hall–Kier alpha value is -2.27.